The fourth-order valence-corrected chi connectivity index (χ4v) is 3.13. The number of unbranched alkanes of at least 4 members (excludes halogenated alkanes) is 1. The summed E-state index contributed by atoms with van der Waals surface area (Å²) in [5.74, 6) is -0.179. The summed E-state index contributed by atoms with van der Waals surface area (Å²) in [6.07, 6.45) is 3.00. The average Bonchev–Trinajstić information content (AvgIpc) is 2.54. The van der Waals surface area contributed by atoms with E-state index < -0.39 is 10.0 Å². The predicted octanol–water partition coefficient (Wildman–Crippen LogP) is 2.44. The number of ether oxygens (including phenoxy) is 1. The first-order valence-corrected chi connectivity index (χ1v) is 10.3. The van der Waals surface area contributed by atoms with E-state index in [1.165, 1.54) is 12.1 Å². The van der Waals surface area contributed by atoms with Crippen LogP contribution in [0.3, 0.4) is 0 Å². The summed E-state index contributed by atoms with van der Waals surface area (Å²) in [7, 11) is -3.58. The zero-order valence-corrected chi connectivity index (χ0v) is 16.3. The summed E-state index contributed by atoms with van der Waals surface area (Å²) < 4.78 is 32.7. The van der Waals surface area contributed by atoms with Gasteiger partial charge in [-0.2, -0.15) is 0 Å². The predicted molar refractivity (Wildman–Crippen MR) is 97.3 cm³/mol. The number of rotatable bonds is 12. The number of carbonyl (C=O) groups excluding carboxylic acids is 1. The number of hydrogen-bond donors (Lipinski definition) is 2. The lowest BCUT2D eigenvalue weighted by Crippen LogP contribution is -2.31. The third-order valence-electron chi connectivity index (χ3n) is 3.20. The lowest BCUT2D eigenvalue weighted by atomic mass is 10.3. The zero-order chi connectivity index (χ0) is 17.8. The van der Waals surface area contributed by atoms with Crippen LogP contribution in [0.2, 0.25) is 0 Å². The van der Waals surface area contributed by atoms with Gasteiger partial charge in [-0.05, 0) is 37.1 Å². The van der Waals surface area contributed by atoms with Crippen LogP contribution < -0.4 is 10.0 Å². The molecule has 0 aliphatic carbocycles. The van der Waals surface area contributed by atoms with E-state index in [2.05, 4.69) is 32.9 Å². The molecule has 0 aliphatic heterocycles. The molecule has 2 N–H and O–H groups in total. The topological polar surface area (TPSA) is 84.5 Å². The number of sulfonamides is 1. The number of halogens is 1. The third kappa shape index (κ3) is 8.77. The van der Waals surface area contributed by atoms with Crippen molar-refractivity contribution in [3.8, 4) is 0 Å². The van der Waals surface area contributed by atoms with E-state index in [9.17, 15) is 13.2 Å². The second kappa shape index (κ2) is 11.6. The van der Waals surface area contributed by atoms with Gasteiger partial charge >= 0.3 is 0 Å². The molecule has 0 spiro atoms. The maximum atomic E-state index is 12.0. The molecule has 8 heteroatoms. The Balaban J connectivity index is 2.17. The highest BCUT2D eigenvalue weighted by molar-refractivity contribution is 9.10. The van der Waals surface area contributed by atoms with Gasteiger partial charge in [0.25, 0.3) is 0 Å². The van der Waals surface area contributed by atoms with Gasteiger partial charge in [-0.1, -0.05) is 29.3 Å². The quantitative estimate of drug-likeness (QED) is 0.508. The van der Waals surface area contributed by atoms with Crippen molar-refractivity contribution in [2.75, 3.05) is 26.3 Å². The van der Waals surface area contributed by atoms with Crippen LogP contribution >= 0.6 is 15.9 Å². The van der Waals surface area contributed by atoms with Crippen molar-refractivity contribution >= 4 is 31.9 Å². The number of hydrogen-bond acceptors (Lipinski definition) is 4. The minimum Gasteiger partial charge on any atom is -0.381 e. The molecule has 0 bridgehead atoms. The van der Waals surface area contributed by atoms with Crippen LogP contribution in [0.4, 0.5) is 0 Å². The van der Waals surface area contributed by atoms with Crippen LogP contribution in [-0.4, -0.2) is 40.6 Å². The molecular weight excluding hydrogens is 396 g/mol. The fourth-order valence-electron chi connectivity index (χ4n) is 1.83. The van der Waals surface area contributed by atoms with Crippen molar-refractivity contribution in [1.82, 2.24) is 10.0 Å². The van der Waals surface area contributed by atoms with E-state index in [4.69, 9.17) is 4.74 Å². The second-order valence-corrected chi connectivity index (χ2v) is 7.95. The van der Waals surface area contributed by atoms with Crippen LogP contribution in [0, 0.1) is 0 Å². The molecule has 0 radical (unpaired) electrons. The number of benzene rings is 1. The summed E-state index contributed by atoms with van der Waals surface area (Å²) in [4.78, 5) is 11.8. The monoisotopic (exact) mass is 420 g/mol. The summed E-state index contributed by atoms with van der Waals surface area (Å²) >= 11 is 3.25. The first kappa shape index (κ1) is 21.1. The van der Waals surface area contributed by atoms with Crippen molar-refractivity contribution in [3.05, 3.63) is 28.7 Å². The molecule has 0 saturated carbocycles. The Morgan fingerprint density at radius 3 is 2.46 bits per heavy atom. The van der Waals surface area contributed by atoms with E-state index in [1.807, 2.05) is 0 Å². The standard InChI is InChI=1S/C16H25BrN2O4S/c1-2-3-12-23-13-4-10-18-16(20)9-11-19-24(21,22)15-7-5-14(17)6-8-15/h5-8,19H,2-4,9-13H2,1H3,(H,18,20). The highest BCUT2D eigenvalue weighted by Gasteiger charge is 2.13. The minimum atomic E-state index is -3.58. The van der Waals surface area contributed by atoms with Gasteiger partial charge in [0.1, 0.15) is 0 Å². The first-order valence-electron chi connectivity index (χ1n) is 8.05. The van der Waals surface area contributed by atoms with Gasteiger partial charge in [0.05, 0.1) is 4.90 Å². The van der Waals surface area contributed by atoms with Crippen molar-refractivity contribution in [2.24, 2.45) is 0 Å². The Morgan fingerprint density at radius 2 is 1.79 bits per heavy atom. The summed E-state index contributed by atoms with van der Waals surface area (Å²) in [6, 6.07) is 6.32. The molecule has 6 nitrogen and oxygen atoms in total. The molecule has 1 amide bonds. The van der Waals surface area contributed by atoms with Crippen LogP contribution in [0.1, 0.15) is 32.6 Å². The molecule has 24 heavy (non-hydrogen) atoms. The molecule has 1 aromatic rings. The molecule has 0 fully saturated rings. The number of nitrogens with one attached hydrogen (secondary N) is 2. The van der Waals surface area contributed by atoms with Gasteiger partial charge < -0.3 is 10.1 Å². The normalized spacial score (nSPS) is 11.4. The summed E-state index contributed by atoms with van der Waals surface area (Å²) in [5.41, 5.74) is 0. The zero-order valence-electron chi connectivity index (χ0n) is 13.9. The molecule has 0 unspecified atom stereocenters. The molecule has 0 aliphatic rings. The van der Waals surface area contributed by atoms with Crippen molar-refractivity contribution in [3.63, 3.8) is 0 Å². The summed E-state index contributed by atoms with van der Waals surface area (Å²) in [5, 5.41) is 2.75. The van der Waals surface area contributed by atoms with E-state index in [0.29, 0.717) is 13.2 Å². The molecule has 1 aromatic carbocycles. The van der Waals surface area contributed by atoms with Gasteiger partial charge in [0.15, 0.2) is 0 Å². The van der Waals surface area contributed by atoms with Crippen LogP contribution in [-0.2, 0) is 19.6 Å². The van der Waals surface area contributed by atoms with Gasteiger partial charge in [0, 0.05) is 37.2 Å². The Kier molecular flexibility index (Phi) is 10.2. The first-order chi connectivity index (χ1) is 11.5. The number of amides is 1. The van der Waals surface area contributed by atoms with Crippen LogP contribution in [0.15, 0.2) is 33.6 Å². The lowest BCUT2D eigenvalue weighted by molar-refractivity contribution is -0.120. The van der Waals surface area contributed by atoms with Gasteiger partial charge in [-0.3, -0.25) is 4.79 Å². The Bertz CT molecular complexity index is 591. The minimum absolute atomic E-state index is 0.0667. The highest BCUT2D eigenvalue weighted by Crippen LogP contribution is 2.14. The molecule has 0 aromatic heterocycles. The molecule has 0 atom stereocenters. The largest absolute Gasteiger partial charge is 0.381 e. The van der Waals surface area contributed by atoms with E-state index >= 15 is 0 Å². The van der Waals surface area contributed by atoms with E-state index in [1.54, 1.807) is 12.1 Å². The molecule has 0 saturated heterocycles. The summed E-state index contributed by atoms with van der Waals surface area (Å²) in [6.45, 7) is 4.08. The van der Waals surface area contributed by atoms with Crippen molar-refractivity contribution in [1.29, 1.82) is 0 Å². The van der Waals surface area contributed by atoms with Gasteiger partial charge in [0.2, 0.25) is 15.9 Å². The third-order valence-corrected chi connectivity index (χ3v) is 5.20. The lowest BCUT2D eigenvalue weighted by Gasteiger charge is -2.08. The van der Waals surface area contributed by atoms with Gasteiger partial charge in [-0.25, -0.2) is 13.1 Å². The smallest absolute Gasteiger partial charge is 0.240 e. The maximum Gasteiger partial charge on any atom is 0.240 e. The van der Waals surface area contributed by atoms with Crippen molar-refractivity contribution < 1.29 is 17.9 Å². The number of carbonyl (C=O) groups is 1. The molecule has 136 valence electrons. The molecule has 0 heterocycles. The maximum absolute atomic E-state index is 12.0. The average molecular weight is 421 g/mol. The van der Waals surface area contributed by atoms with E-state index in [-0.39, 0.29) is 23.8 Å². The SMILES string of the molecule is CCCCOCCCNC(=O)CCNS(=O)(=O)c1ccc(Br)cc1. The second-order valence-electron chi connectivity index (χ2n) is 5.27. The molecular formula is C16H25BrN2O4S. The molecule has 1 rings (SSSR count). The van der Waals surface area contributed by atoms with Crippen LogP contribution in [0.5, 0.6) is 0 Å². The Morgan fingerprint density at radius 1 is 1.12 bits per heavy atom. The van der Waals surface area contributed by atoms with Crippen molar-refractivity contribution in [2.45, 2.75) is 37.5 Å². The highest BCUT2D eigenvalue weighted by atomic mass is 79.9. The fraction of sp³-hybridized carbons (Fsp3) is 0.562. The Labute approximate surface area is 152 Å². The van der Waals surface area contributed by atoms with Gasteiger partial charge in [-0.15, -0.1) is 0 Å². The Hall–Kier alpha value is -0.960. The van der Waals surface area contributed by atoms with Crippen LogP contribution in [0.25, 0.3) is 0 Å². The van der Waals surface area contributed by atoms with E-state index in [0.717, 1.165) is 30.3 Å².